The number of alkyl halides is 1. The second kappa shape index (κ2) is 7.32. The maximum Gasteiger partial charge on any atom is 0.407 e. The highest BCUT2D eigenvalue weighted by Crippen LogP contribution is 2.11. The SMILES string of the molecule is C=C(C)C(=O)OCCNC(=O)OC(C)(C)CBr. The van der Waals surface area contributed by atoms with Crippen molar-refractivity contribution in [2.45, 2.75) is 26.4 Å². The number of carbonyl (C=O) groups is 2. The number of carbonyl (C=O) groups excluding carboxylic acids is 2. The molecule has 0 bridgehead atoms. The van der Waals surface area contributed by atoms with Gasteiger partial charge in [0, 0.05) is 10.9 Å². The smallest absolute Gasteiger partial charge is 0.407 e. The molecule has 0 rings (SSSR count). The maximum absolute atomic E-state index is 11.3. The lowest BCUT2D eigenvalue weighted by Gasteiger charge is -2.22. The highest BCUT2D eigenvalue weighted by molar-refractivity contribution is 9.09. The maximum atomic E-state index is 11.3. The molecule has 5 nitrogen and oxygen atoms in total. The van der Waals surface area contributed by atoms with Crippen LogP contribution in [0.1, 0.15) is 20.8 Å². The standard InChI is InChI=1S/C11H18BrNO4/c1-8(2)9(14)16-6-5-13-10(15)17-11(3,4)7-12/h1,5-7H2,2-4H3,(H,13,15). The van der Waals surface area contributed by atoms with E-state index in [1.54, 1.807) is 20.8 Å². The van der Waals surface area contributed by atoms with Gasteiger partial charge >= 0.3 is 12.1 Å². The minimum Gasteiger partial charge on any atom is -0.460 e. The monoisotopic (exact) mass is 307 g/mol. The van der Waals surface area contributed by atoms with E-state index < -0.39 is 17.7 Å². The van der Waals surface area contributed by atoms with E-state index in [2.05, 4.69) is 27.8 Å². The van der Waals surface area contributed by atoms with Gasteiger partial charge < -0.3 is 14.8 Å². The first kappa shape index (κ1) is 16.0. The molecule has 0 saturated heterocycles. The fraction of sp³-hybridized carbons (Fsp3) is 0.636. The van der Waals surface area contributed by atoms with Crippen molar-refractivity contribution in [2.24, 2.45) is 0 Å². The molecule has 0 spiro atoms. The summed E-state index contributed by atoms with van der Waals surface area (Å²) in [5, 5.41) is 3.02. The average molecular weight is 308 g/mol. The second-order valence-electron chi connectivity index (χ2n) is 4.13. The van der Waals surface area contributed by atoms with Gasteiger partial charge in [0.1, 0.15) is 12.2 Å². The van der Waals surface area contributed by atoms with E-state index in [-0.39, 0.29) is 13.2 Å². The van der Waals surface area contributed by atoms with Crippen molar-refractivity contribution in [1.82, 2.24) is 5.32 Å². The third kappa shape index (κ3) is 7.79. The summed E-state index contributed by atoms with van der Waals surface area (Å²) in [4.78, 5) is 22.3. The molecule has 17 heavy (non-hydrogen) atoms. The number of esters is 1. The van der Waals surface area contributed by atoms with Gasteiger partial charge in [-0.05, 0) is 20.8 Å². The summed E-state index contributed by atoms with van der Waals surface area (Å²) in [5.41, 5.74) is -0.244. The largest absolute Gasteiger partial charge is 0.460 e. The molecule has 0 unspecified atom stereocenters. The van der Waals surface area contributed by atoms with Gasteiger partial charge in [-0.3, -0.25) is 0 Å². The minimum atomic E-state index is -0.571. The van der Waals surface area contributed by atoms with E-state index in [0.29, 0.717) is 10.9 Å². The summed E-state index contributed by atoms with van der Waals surface area (Å²) in [7, 11) is 0. The third-order valence-corrected chi connectivity index (χ3v) is 2.99. The molecule has 0 aromatic rings. The van der Waals surface area contributed by atoms with Crippen molar-refractivity contribution in [2.75, 3.05) is 18.5 Å². The summed E-state index contributed by atoms with van der Waals surface area (Å²) >= 11 is 3.23. The molecule has 1 amide bonds. The molecule has 0 fully saturated rings. The van der Waals surface area contributed by atoms with Gasteiger partial charge in [-0.2, -0.15) is 0 Å². The van der Waals surface area contributed by atoms with Crippen molar-refractivity contribution in [1.29, 1.82) is 0 Å². The number of alkyl carbamates (subject to hydrolysis) is 1. The van der Waals surface area contributed by atoms with Gasteiger partial charge in [-0.25, -0.2) is 9.59 Å². The number of halogens is 1. The molecule has 6 heteroatoms. The predicted octanol–water partition coefficient (Wildman–Crippen LogP) is 2.01. The van der Waals surface area contributed by atoms with E-state index in [1.807, 2.05) is 0 Å². The van der Waals surface area contributed by atoms with E-state index in [9.17, 15) is 9.59 Å². The van der Waals surface area contributed by atoms with Crippen molar-refractivity contribution in [3.05, 3.63) is 12.2 Å². The number of amides is 1. The Morgan fingerprint density at radius 3 is 2.47 bits per heavy atom. The first-order valence-corrected chi connectivity index (χ1v) is 6.26. The first-order chi connectivity index (χ1) is 7.78. The minimum absolute atomic E-state index is 0.0928. The van der Waals surface area contributed by atoms with Crippen molar-refractivity contribution < 1.29 is 19.1 Å². The molecule has 0 radical (unpaired) electrons. The molecule has 1 N–H and O–H groups in total. The Morgan fingerprint density at radius 2 is 2.00 bits per heavy atom. The zero-order valence-corrected chi connectivity index (χ0v) is 11.9. The fourth-order valence-electron chi connectivity index (χ4n) is 0.734. The van der Waals surface area contributed by atoms with Gasteiger partial charge in [0.05, 0.1) is 6.54 Å². The highest BCUT2D eigenvalue weighted by atomic mass is 79.9. The van der Waals surface area contributed by atoms with Crippen LogP contribution in [0.25, 0.3) is 0 Å². The van der Waals surface area contributed by atoms with E-state index in [4.69, 9.17) is 9.47 Å². The van der Waals surface area contributed by atoms with Crippen LogP contribution in [-0.4, -0.2) is 36.1 Å². The molecule has 0 aromatic carbocycles. The number of rotatable bonds is 6. The Hall–Kier alpha value is -1.04. The Labute approximate surface area is 110 Å². The molecule has 0 aliphatic rings. The Balaban J connectivity index is 3.73. The topological polar surface area (TPSA) is 64.6 Å². The lowest BCUT2D eigenvalue weighted by molar-refractivity contribution is -0.138. The third-order valence-electron chi connectivity index (χ3n) is 1.64. The van der Waals surface area contributed by atoms with Crippen LogP contribution in [0, 0.1) is 0 Å². The van der Waals surface area contributed by atoms with Crippen LogP contribution in [-0.2, 0) is 14.3 Å². The van der Waals surface area contributed by atoms with Crippen LogP contribution in [0.3, 0.4) is 0 Å². The van der Waals surface area contributed by atoms with Gasteiger partial charge in [-0.1, -0.05) is 22.5 Å². The molecule has 0 aromatic heterocycles. The van der Waals surface area contributed by atoms with Gasteiger partial charge in [-0.15, -0.1) is 0 Å². The normalized spacial score (nSPS) is 10.6. The summed E-state index contributed by atoms with van der Waals surface area (Å²) in [6, 6.07) is 0. The quantitative estimate of drug-likeness (QED) is 0.353. The summed E-state index contributed by atoms with van der Waals surface area (Å²) in [5.74, 6) is -0.471. The summed E-state index contributed by atoms with van der Waals surface area (Å²) in [6.07, 6.45) is -0.541. The average Bonchev–Trinajstić information content (AvgIpc) is 2.23. The van der Waals surface area contributed by atoms with E-state index in [1.165, 1.54) is 0 Å². The molecule has 0 atom stereocenters. The number of hydrogen-bond donors (Lipinski definition) is 1. The Morgan fingerprint density at radius 1 is 1.41 bits per heavy atom. The van der Waals surface area contributed by atoms with Crippen LogP contribution in [0.15, 0.2) is 12.2 Å². The number of nitrogens with one attached hydrogen (secondary N) is 1. The van der Waals surface area contributed by atoms with Crippen LogP contribution in [0.2, 0.25) is 0 Å². The molecule has 98 valence electrons. The second-order valence-corrected chi connectivity index (χ2v) is 4.69. The lowest BCUT2D eigenvalue weighted by atomic mass is 10.2. The molecule has 0 aliphatic heterocycles. The van der Waals surface area contributed by atoms with Crippen molar-refractivity contribution >= 4 is 28.0 Å². The predicted molar refractivity (Wildman–Crippen MR) is 68.1 cm³/mol. The van der Waals surface area contributed by atoms with Crippen LogP contribution in [0.5, 0.6) is 0 Å². The molecule has 0 heterocycles. The molecular weight excluding hydrogens is 290 g/mol. The lowest BCUT2D eigenvalue weighted by Crippen LogP contribution is -2.37. The van der Waals surface area contributed by atoms with E-state index in [0.717, 1.165) is 0 Å². The number of hydrogen-bond acceptors (Lipinski definition) is 4. The summed E-state index contributed by atoms with van der Waals surface area (Å²) in [6.45, 7) is 8.85. The van der Waals surface area contributed by atoms with Crippen molar-refractivity contribution in [3.63, 3.8) is 0 Å². The van der Waals surface area contributed by atoms with Crippen LogP contribution >= 0.6 is 15.9 Å². The number of ether oxygens (including phenoxy) is 2. The van der Waals surface area contributed by atoms with E-state index >= 15 is 0 Å². The van der Waals surface area contributed by atoms with Gasteiger partial charge in [0.25, 0.3) is 0 Å². The fourth-order valence-corrected chi connectivity index (χ4v) is 0.849. The zero-order chi connectivity index (χ0) is 13.5. The Bertz CT molecular complexity index is 302. The zero-order valence-electron chi connectivity index (χ0n) is 10.3. The molecule has 0 saturated carbocycles. The van der Waals surface area contributed by atoms with Gasteiger partial charge in [0.15, 0.2) is 0 Å². The summed E-state index contributed by atoms with van der Waals surface area (Å²) < 4.78 is 9.88. The van der Waals surface area contributed by atoms with Crippen LogP contribution < -0.4 is 5.32 Å². The Kier molecular flexibility index (Phi) is 6.87. The highest BCUT2D eigenvalue weighted by Gasteiger charge is 2.20. The molecular formula is C11H18BrNO4. The molecule has 0 aliphatic carbocycles. The van der Waals surface area contributed by atoms with Crippen molar-refractivity contribution in [3.8, 4) is 0 Å². The first-order valence-electron chi connectivity index (χ1n) is 5.14. The van der Waals surface area contributed by atoms with Gasteiger partial charge in [0.2, 0.25) is 0 Å². The van der Waals surface area contributed by atoms with Crippen LogP contribution in [0.4, 0.5) is 4.79 Å².